The lowest BCUT2D eigenvalue weighted by Crippen LogP contribution is -2.65. The smallest absolute Gasteiger partial charge is 0.415 e. The summed E-state index contributed by atoms with van der Waals surface area (Å²) in [7, 11) is 0. The number of thiol groups is 1. The van der Waals surface area contributed by atoms with Gasteiger partial charge in [-0.25, -0.2) is 13.6 Å². The summed E-state index contributed by atoms with van der Waals surface area (Å²) in [4.78, 5) is 14.8. The van der Waals surface area contributed by atoms with Gasteiger partial charge < -0.3 is 9.22 Å². The van der Waals surface area contributed by atoms with Crippen molar-refractivity contribution in [2.75, 3.05) is 24.5 Å². The number of rotatable bonds is 6. The van der Waals surface area contributed by atoms with E-state index in [2.05, 4.69) is 12.1 Å². The van der Waals surface area contributed by atoms with E-state index >= 15 is 0 Å². The molecule has 2 atom stereocenters. The third kappa shape index (κ3) is 4.93. The molecule has 2 bridgehead atoms. The lowest BCUT2D eigenvalue weighted by Gasteiger charge is -2.54. The van der Waals surface area contributed by atoms with Crippen molar-refractivity contribution >= 4 is 24.4 Å². The van der Waals surface area contributed by atoms with Crippen LogP contribution in [0.4, 0.5) is 19.3 Å². The van der Waals surface area contributed by atoms with Crippen LogP contribution in [0.2, 0.25) is 0 Å². The summed E-state index contributed by atoms with van der Waals surface area (Å²) < 4.78 is 35.0. The van der Waals surface area contributed by atoms with Crippen molar-refractivity contribution in [2.24, 2.45) is 5.92 Å². The van der Waals surface area contributed by atoms with E-state index in [1.54, 1.807) is 30.3 Å². The average Bonchev–Trinajstić information content (AvgIpc) is 2.89. The molecule has 3 heterocycles. The maximum Gasteiger partial charge on any atom is 0.415 e. The Morgan fingerprint density at radius 2 is 1.63 bits per heavy atom. The van der Waals surface area contributed by atoms with Gasteiger partial charge in [-0.3, -0.25) is 4.90 Å². The van der Waals surface area contributed by atoms with Crippen molar-refractivity contribution in [3.63, 3.8) is 0 Å². The molecule has 3 aromatic carbocycles. The number of quaternary nitrogens is 1. The van der Waals surface area contributed by atoms with E-state index in [0.29, 0.717) is 12.1 Å². The number of anilines is 1. The molecule has 0 spiro atoms. The number of halogens is 2. The van der Waals surface area contributed by atoms with Gasteiger partial charge in [0.25, 0.3) is 0 Å². The van der Waals surface area contributed by atoms with E-state index in [1.807, 2.05) is 18.2 Å². The molecule has 0 saturated carbocycles. The summed E-state index contributed by atoms with van der Waals surface area (Å²) in [6, 6.07) is 22.2. The molecule has 4 nitrogen and oxygen atoms in total. The first kappa shape index (κ1) is 23.8. The number of carbonyl (C=O) groups excluding carboxylic acids is 1. The molecular weight excluding hydrogens is 466 g/mol. The topological polar surface area (TPSA) is 29.5 Å². The molecule has 182 valence electrons. The van der Waals surface area contributed by atoms with Gasteiger partial charge >= 0.3 is 6.09 Å². The molecule has 3 aliphatic heterocycles. The van der Waals surface area contributed by atoms with Crippen LogP contribution in [0.1, 0.15) is 29.3 Å². The summed E-state index contributed by atoms with van der Waals surface area (Å²) in [5, 5.41) is 0.000498. The minimum Gasteiger partial charge on any atom is -0.440 e. The van der Waals surface area contributed by atoms with Crippen molar-refractivity contribution in [3.05, 3.63) is 102 Å². The molecule has 1 unspecified atom stereocenters. The van der Waals surface area contributed by atoms with E-state index < -0.39 is 11.9 Å². The highest BCUT2D eigenvalue weighted by molar-refractivity contribution is 7.80. The normalized spacial score (nSPS) is 24.1. The van der Waals surface area contributed by atoms with E-state index in [0.717, 1.165) is 36.0 Å². The molecular formula is C28H29F2N2O2S+. The van der Waals surface area contributed by atoms with Crippen molar-refractivity contribution in [3.8, 4) is 0 Å². The quantitative estimate of drug-likeness (QED) is 0.319. The zero-order valence-corrected chi connectivity index (χ0v) is 20.3. The van der Waals surface area contributed by atoms with Gasteiger partial charge in [-0.05, 0) is 29.8 Å². The maximum atomic E-state index is 14.7. The Morgan fingerprint density at radius 3 is 2.31 bits per heavy atom. The number of fused-ring (bicyclic) bond motifs is 3. The first-order valence-corrected chi connectivity index (χ1v) is 12.5. The van der Waals surface area contributed by atoms with Gasteiger partial charge in [-0.1, -0.05) is 54.6 Å². The van der Waals surface area contributed by atoms with Crippen molar-refractivity contribution < 1.29 is 22.8 Å². The summed E-state index contributed by atoms with van der Waals surface area (Å²) in [5.41, 5.74) is 1.98. The van der Waals surface area contributed by atoms with Crippen LogP contribution in [0.5, 0.6) is 0 Å². The molecule has 1 amide bonds. The predicted molar refractivity (Wildman–Crippen MR) is 135 cm³/mol. The molecule has 35 heavy (non-hydrogen) atoms. The zero-order chi connectivity index (χ0) is 24.4. The fourth-order valence-corrected chi connectivity index (χ4v) is 5.96. The van der Waals surface area contributed by atoms with Crippen LogP contribution in [0, 0.1) is 17.6 Å². The second-order valence-corrected chi connectivity index (χ2v) is 10.0. The van der Waals surface area contributed by atoms with Crippen LogP contribution in [0.15, 0.2) is 78.9 Å². The van der Waals surface area contributed by atoms with Crippen molar-refractivity contribution in [2.45, 2.75) is 30.9 Å². The highest BCUT2D eigenvalue weighted by Crippen LogP contribution is 2.44. The lowest BCUT2D eigenvalue weighted by atomic mass is 9.82. The molecule has 3 aliphatic rings. The third-order valence-electron chi connectivity index (χ3n) is 7.45. The molecule has 3 aromatic rings. The van der Waals surface area contributed by atoms with Gasteiger partial charge in [0, 0.05) is 24.3 Å². The van der Waals surface area contributed by atoms with Gasteiger partial charge in [-0.2, -0.15) is 0 Å². The number of para-hydroxylation sites is 1. The summed E-state index contributed by atoms with van der Waals surface area (Å²) >= 11 is 5.01. The summed E-state index contributed by atoms with van der Waals surface area (Å²) in [5.74, 6) is -0.596. The Morgan fingerprint density at radius 1 is 0.971 bits per heavy atom. The van der Waals surface area contributed by atoms with Crippen LogP contribution in [0.3, 0.4) is 0 Å². The molecule has 0 radical (unpaired) electrons. The molecule has 0 aromatic heterocycles. The Labute approximate surface area is 210 Å². The highest BCUT2D eigenvalue weighted by atomic mass is 32.1. The SMILES string of the molecule is O=C(O[C@H]1C[N+]2(C(S)c3ccccc3)CCC1CC2)N(Cc1ccc(F)cc1)c1ccccc1F. The number of amides is 1. The highest BCUT2D eigenvalue weighted by Gasteiger charge is 2.51. The number of ether oxygens (including phenoxy) is 1. The number of nitrogens with zero attached hydrogens (tertiary/aromatic N) is 2. The van der Waals surface area contributed by atoms with E-state index in [4.69, 9.17) is 17.4 Å². The van der Waals surface area contributed by atoms with E-state index in [9.17, 15) is 13.6 Å². The van der Waals surface area contributed by atoms with Crippen LogP contribution in [-0.4, -0.2) is 36.3 Å². The number of piperidine rings is 3. The van der Waals surface area contributed by atoms with Gasteiger partial charge in [0.15, 0.2) is 11.5 Å². The number of carbonyl (C=O) groups is 1. The minimum absolute atomic E-state index is 0.000498. The van der Waals surface area contributed by atoms with Crippen LogP contribution < -0.4 is 4.90 Å². The first-order chi connectivity index (χ1) is 16.9. The fourth-order valence-electron chi connectivity index (χ4n) is 5.47. The van der Waals surface area contributed by atoms with Gasteiger partial charge in [-0.15, -0.1) is 12.6 Å². The average molecular weight is 496 g/mol. The fraction of sp³-hybridized carbons (Fsp3) is 0.321. The Kier molecular flexibility index (Phi) is 6.80. The molecule has 7 heteroatoms. The number of hydrogen-bond donors (Lipinski definition) is 1. The van der Waals surface area contributed by atoms with Gasteiger partial charge in [0.05, 0.1) is 25.3 Å². The second kappa shape index (κ2) is 9.99. The van der Waals surface area contributed by atoms with Gasteiger partial charge in [0.1, 0.15) is 18.2 Å². The second-order valence-electron chi connectivity index (χ2n) is 9.56. The number of benzene rings is 3. The van der Waals surface area contributed by atoms with E-state index in [-0.39, 0.29) is 35.4 Å². The van der Waals surface area contributed by atoms with E-state index in [1.165, 1.54) is 23.1 Å². The zero-order valence-electron chi connectivity index (χ0n) is 19.4. The summed E-state index contributed by atoms with van der Waals surface area (Å²) in [6.07, 6.45) is 1.05. The Balaban J connectivity index is 1.37. The molecule has 6 rings (SSSR count). The summed E-state index contributed by atoms with van der Waals surface area (Å²) in [6.45, 7) is 2.75. The van der Waals surface area contributed by atoms with Crippen LogP contribution >= 0.6 is 12.6 Å². The predicted octanol–water partition coefficient (Wildman–Crippen LogP) is 6.35. The monoisotopic (exact) mass is 495 g/mol. The lowest BCUT2D eigenvalue weighted by molar-refractivity contribution is -0.959. The molecule has 0 aliphatic carbocycles. The molecule has 3 fully saturated rings. The molecule has 3 saturated heterocycles. The maximum absolute atomic E-state index is 14.7. The van der Waals surface area contributed by atoms with Crippen molar-refractivity contribution in [1.82, 2.24) is 0 Å². The third-order valence-corrected chi connectivity index (χ3v) is 8.23. The van der Waals surface area contributed by atoms with Gasteiger partial charge in [0.2, 0.25) is 0 Å². The standard InChI is InChI=1S/C28H28F2N2O2S/c29-23-12-10-20(11-13-23)18-31(25-9-5-4-8-24(25)30)28(33)34-26-19-32(16-14-21(26)15-17-32)27(35)22-6-2-1-3-7-22/h1-13,21,26-27H,14-19H2/p+1/t21?,26-,27?,32?/m0/s1. The molecule has 0 N–H and O–H groups in total. The Hall–Kier alpha value is -2.90. The van der Waals surface area contributed by atoms with Crippen LogP contribution in [-0.2, 0) is 11.3 Å². The minimum atomic E-state index is -0.591. The largest absolute Gasteiger partial charge is 0.440 e. The first-order valence-electron chi connectivity index (χ1n) is 12.0. The number of hydrogen-bond acceptors (Lipinski definition) is 3. The van der Waals surface area contributed by atoms with Crippen LogP contribution in [0.25, 0.3) is 0 Å². The Bertz CT molecular complexity index is 1170. The van der Waals surface area contributed by atoms with Crippen molar-refractivity contribution in [1.29, 1.82) is 0 Å².